The van der Waals surface area contributed by atoms with Crippen LogP contribution in [0.15, 0.2) is 95.6 Å². The van der Waals surface area contributed by atoms with Gasteiger partial charge < -0.3 is 14.6 Å². The molecule has 1 aliphatic heterocycles. The Morgan fingerprint density at radius 3 is 2.66 bits per heavy atom. The minimum atomic E-state index is -1.43. The quantitative estimate of drug-likeness (QED) is 0.0611. The Labute approximate surface area is 239 Å². The Hall–Kier alpha value is -4.63. The number of aryl methyl sites for hydroxylation is 1. The highest BCUT2D eigenvalue weighted by atomic mass is 16.5. The topological polar surface area (TPSA) is 141 Å². The SMILES string of the molecule is C=CC[C@]1(C(=O)NNCCc2ccc(C)cc2)N=C(c2ccc(OCCCO)cc2)O[C@H]1c1ccccc1N=[N+]=[N-]. The van der Waals surface area contributed by atoms with Gasteiger partial charge >= 0.3 is 0 Å². The molecule has 3 N–H and O–H groups in total. The van der Waals surface area contributed by atoms with Gasteiger partial charge in [-0.1, -0.05) is 65.3 Å². The number of carbonyl (C=O) groups is 1. The molecule has 0 saturated heterocycles. The standard InChI is InChI=1S/C31H34N6O4/c1-3-18-31(30(39)36-33-19-17-23-11-9-22(2)10-12-23)28(26-7-4-5-8-27(26)35-37-32)41-29(34-31)24-13-15-25(16-14-24)40-21-6-20-38/h3-5,7-16,28,33,38H,1,6,17-21H2,2H3,(H,36,39)/t28-,31-/m0/s1. The van der Waals surface area contributed by atoms with Crippen molar-refractivity contribution in [3.63, 3.8) is 0 Å². The van der Waals surface area contributed by atoms with Crippen molar-refractivity contribution in [3.8, 4) is 5.75 Å². The number of hydrogen-bond acceptors (Lipinski definition) is 7. The van der Waals surface area contributed by atoms with Crippen LogP contribution >= 0.6 is 0 Å². The average molecular weight is 555 g/mol. The number of aliphatic hydroxyl groups excluding tert-OH is 1. The molecule has 0 saturated carbocycles. The molecule has 10 heteroatoms. The number of ether oxygens (including phenoxy) is 2. The first-order valence-electron chi connectivity index (χ1n) is 13.4. The summed E-state index contributed by atoms with van der Waals surface area (Å²) in [6.45, 7) is 6.88. The second-order valence-corrected chi connectivity index (χ2v) is 9.65. The van der Waals surface area contributed by atoms with Crippen LogP contribution in [-0.2, 0) is 16.0 Å². The van der Waals surface area contributed by atoms with Gasteiger partial charge in [0.1, 0.15) is 5.75 Å². The molecule has 3 aromatic carbocycles. The van der Waals surface area contributed by atoms with Gasteiger partial charge in [0, 0.05) is 47.7 Å². The summed E-state index contributed by atoms with van der Waals surface area (Å²) in [6.07, 6.45) is 2.15. The fourth-order valence-electron chi connectivity index (χ4n) is 4.57. The monoisotopic (exact) mass is 554 g/mol. The number of nitrogens with one attached hydrogen (secondary N) is 2. The van der Waals surface area contributed by atoms with Gasteiger partial charge in [0.05, 0.1) is 6.61 Å². The van der Waals surface area contributed by atoms with Crippen LogP contribution in [-0.4, -0.2) is 42.2 Å². The van der Waals surface area contributed by atoms with E-state index in [0.717, 1.165) is 12.0 Å². The lowest BCUT2D eigenvalue weighted by Gasteiger charge is -2.30. The highest BCUT2D eigenvalue weighted by Crippen LogP contribution is 2.45. The number of aliphatic hydroxyl groups is 1. The number of rotatable bonds is 14. The normalized spacial score (nSPS) is 17.6. The van der Waals surface area contributed by atoms with Crippen LogP contribution in [0.5, 0.6) is 5.75 Å². The van der Waals surface area contributed by atoms with Crippen molar-refractivity contribution in [3.05, 3.63) is 118 Å². The molecule has 212 valence electrons. The molecule has 1 aliphatic rings. The molecule has 2 atom stereocenters. The van der Waals surface area contributed by atoms with Crippen molar-refractivity contribution in [2.45, 2.75) is 37.8 Å². The van der Waals surface area contributed by atoms with Gasteiger partial charge in [-0.05, 0) is 48.7 Å². The summed E-state index contributed by atoms with van der Waals surface area (Å²) < 4.78 is 12.0. The Kier molecular flexibility index (Phi) is 10.1. The third-order valence-electron chi connectivity index (χ3n) is 6.72. The summed E-state index contributed by atoms with van der Waals surface area (Å²) >= 11 is 0. The lowest BCUT2D eigenvalue weighted by molar-refractivity contribution is -0.129. The van der Waals surface area contributed by atoms with E-state index >= 15 is 0 Å². The van der Waals surface area contributed by atoms with Crippen LogP contribution in [0, 0.1) is 6.92 Å². The number of azide groups is 1. The zero-order valence-electron chi connectivity index (χ0n) is 23.0. The number of amides is 1. The smallest absolute Gasteiger partial charge is 0.266 e. The third-order valence-corrected chi connectivity index (χ3v) is 6.72. The van der Waals surface area contributed by atoms with E-state index in [4.69, 9.17) is 19.6 Å². The summed E-state index contributed by atoms with van der Waals surface area (Å²) in [7, 11) is 0. The van der Waals surface area contributed by atoms with Crippen LogP contribution in [0.4, 0.5) is 5.69 Å². The molecule has 41 heavy (non-hydrogen) atoms. The summed E-state index contributed by atoms with van der Waals surface area (Å²) in [5.74, 6) is 0.504. The Morgan fingerprint density at radius 2 is 1.95 bits per heavy atom. The maximum atomic E-state index is 13.9. The summed E-state index contributed by atoms with van der Waals surface area (Å²) in [6, 6.07) is 22.4. The first kappa shape index (κ1) is 29.4. The number of hydrogen-bond donors (Lipinski definition) is 3. The number of hydrazine groups is 1. The average Bonchev–Trinajstić information content (AvgIpc) is 3.37. The molecule has 10 nitrogen and oxygen atoms in total. The molecule has 1 heterocycles. The molecule has 4 rings (SSSR count). The van der Waals surface area contributed by atoms with Crippen molar-refractivity contribution in [1.29, 1.82) is 0 Å². The van der Waals surface area contributed by atoms with Gasteiger partial charge in [-0.3, -0.25) is 10.2 Å². The van der Waals surface area contributed by atoms with Crippen LogP contribution in [0.25, 0.3) is 10.4 Å². The first-order valence-corrected chi connectivity index (χ1v) is 13.4. The molecule has 3 aromatic rings. The second-order valence-electron chi connectivity index (χ2n) is 9.65. The fourth-order valence-corrected chi connectivity index (χ4v) is 4.57. The van der Waals surface area contributed by atoms with Gasteiger partial charge in [0.2, 0.25) is 5.90 Å². The Balaban J connectivity index is 1.62. The third kappa shape index (κ3) is 7.12. The van der Waals surface area contributed by atoms with E-state index in [0.29, 0.717) is 42.1 Å². The van der Waals surface area contributed by atoms with Crippen LogP contribution in [0.2, 0.25) is 0 Å². The van der Waals surface area contributed by atoms with E-state index in [2.05, 4.69) is 51.7 Å². The van der Waals surface area contributed by atoms with Crippen molar-refractivity contribution >= 4 is 17.5 Å². The predicted octanol–water partition coefficient (Wildman–Crippen LogP) is 5.39. The van der Waals surface area contributed by atoms with Crippen molar-refractivity contribution in [2.75, 3.05) is 19.8 Å². The van der Waals surface area contributed by atoms with E-state index in [1.54, 1.807) is 54.6 Å². The van der Waals surface area contributed by atoms with E-state index in [9.17, 15) is 10.3 Å². The van der Waals surface area contributed by atoms with Crippen molar-refractivity contribution in [2.24, 2.45) is 10.1 Å². The van der Waals surface area contributed by atoms with E-state index in [1.165, 1.54) is 5.56 Å². The van der Waals surface area contributed by atoms with Gasteiger partial charge in [0.15, 0.2) is 11.6 Å². The molecule has 1 amide bonds. The maximum Gasteiger partial charge on any atom is 0.266 e. The van der Waals surface area contributed by atoms with Gasteiger partial charge in [-0.2, -0.15) is 0 Å². The lowest BCUT2D eigenvalue weighted by atomic mass is 9.84. The van der Waals surface area contributed by atoms with Crippen LogP contribution in [0.1, 0.15) is 41.2 Å². The molecule has 0 fully saturated rings. The van der Waals surface area contributed by atoms with Gasteiger partial charge in [-0.15, -0.1) is 6.58 Å². The van der Waals surface area contributed by atoms with Gasteiger partial charge in [-0.25, -0.2) is 10.4 Å². The van der Waals surface area contributed by atoms with Crippen molar-refractivity contribution in [1.82, 2.24) is 10.9 Å². The number of aliphatic imine (C=N–C) groups is 1. The summed E-state index contributed by atoms with van der Waals surface area (Å²) in [5.41, 5.74) is 17.5. The number of benzene rings is 3. The maximum absolute atomic E-state index is 13.9. The lowest BCUT2D eigenvalue weighted by Crippen LogP contribution is -2.52. The molecule has 0 aliphatic carbocycles. The minimum absolute atomic E-state index is 0.0513. The molecule has 0 aromatic heterocycles. The minimum Gasteiger partial charge on any atom is -0.494 e. The second kappa shape index (κ2) is 14.1. The molecular weight excluding hydrogens is 520 g/mol. The van der Waals surface area contributed by atoms with Crippen molar-refractivity contribution < 1.29 is 19.4 Å². The zero-order chi connectivity index (χ0) is 29.1. The van der Waals surface area contributed by atoms with Crippen LogP contribution < -0.4 is 15.6 Å². The molecule has 0 bridgehead atoms. The summed E-state index contributed by atoms with van der Waals surface area (Å²) in [5, 5.41) is 12.8. The first-order chi connectivity index (χ1) is 20.0. The molecular formula is C31H34N6O4. The molecule has 0 spiro atoms. The fraction of sp³-hybridized carbons (Fsp3) is 0.290. The number of carbonyl (C=O) groups excluding carboxylic acids is 1. The number of nitrogens with zero attached hydrogens (tertiary/aromatic N) is 4. The molecule has 0 unspecified atom stereocenters. The Bertz CT molecular complexity index is 1420. The Morgan fingerprint density at radius 1 is 1.20 bits per heavy atom. The highest BCUT2D eigenvalue weighted by molar-refractivity contribution is 6.01. The van der Waals surface area contributed by atoms with E-state index < -0.39 is 17.6 Å². The predicted molar refractivity (Wildman–Crippen MR) is 158 cm³/mol. The zero-order valence-corrected chi connectivity index (χ0v) is 23.0. The summed E-state index contributed by atoms with van der Waals surface area (Å²) in [4.78, 5) is 21.7. The van der Waals surface area contributed by atoms with E-state index in [-0.39, 0.29) is 18.9 Å². The highest BCUT2D eigenvalue weighted by Gasteiger charge is 2.53. The largest absolute Gasteiger partial charge is 0.494 e. The molecule has 0 radical (unpaired) electrons. The van der Waals surface area contributed by atoms with Gasteiger partial charge in [0.25, 0.3) is 5.91 Å². The van der Waals surface area contributed by atoms with Crippen LogP contribution in [0.3, 0.4) is 0 Å². The van der Waals surface area contributed by atoms with E-state index in [1.807, 2.05) is 6.92 Å².